The highest BCUT2D eigenvalue weighted by Crippen LogP contribution is 2.24. The van der Waals surface area contributed by atoms with E-state index in [1.165, 1.54) is 18.2 Å². The van der Waals surface area contributed by atoms with Crippen molar-refractivity contribution in [1.29, 1.82) is 0 Å². The first-order valence-electron chi connectivity index (χ1n) is 4.74. The average molecular weight is 283 g/mol. The van der Waals surface area contributed by atoms with E-state index in [0.29, 0.717) is 6.42 Å². The lowest BCUT2D eigenvalue weighted by Crippen LogP contribution is -2.14. The molecule has 90 valence electrons. The normalized spacial score (nSPS) is 13.8. The summed E-state index contributed by atoms with van der Waals surface area (Å²) in [7, 11) is -3.79. The summed E-state index contributed by atoms with van der Waals surface area (Å²) in [5.74, 6) is 0. The molecule has 0 saturated heterocycles. The van der Waals surface area contributed by atoms with Gasteiger partial charge in [0.15, 0.2) is 0 Å². The largest absolute Gasteiger partial charge is 0.297 e. The zero-order valence-electron chi connectivity index (χ0n) is 8.91. The maximum Gasteiger partial charge on any atom is 0.297 e. The Morgan fingerprint density at radius 3 is 2.19 bits per heavy atom. The Morgan fingerprint density at radius 1 is 1.25 bits per heavy atom. The number of benzene rings is 1. The molecule has 0 saturated carbocycles. The van der Waals surface area contributed by atoms with Gasteiger partial charge < -0.3 is 0 Å². The third-order valence-electron chi connectivity index (χ3n) is 1.99. The minimum absolute atomic E-state index is 0.0229. The van der Waals surface area contributed by atoms with Gasteiger partial charge in [0.1, 0.15) is 0 Å². The molecule has 1 rings (SSSR count). The third-order valence-corrected chi connectivity index (χ3v) is 3.82. The van der Waals surface area contributed by atoms with Gasteiger partial charge >= 0.3 is 0 Å². The Bertz CT molecular complexity index is 451. The van der Waals surface area contributed by atoms with Crippen LogP contribution < -0.4 is 0 Å². The highest BCUT2D eigenvalue weighted by Gasteiger charge is 2.19. The Morgan fingerprint density at radius 2 is 1.75 bits per heavy atom. The van der Waals surface area contributed by atoms with Gasteiger partial charge in [-0.15, -0.1) is 0 Å². The van der Waals surface area contributed by atoms with Crippen molar-refractivity contribution in [1.82, 2.24) is 0 Å². The molecule has 0 bridgehead atoms. The summed E-state index contributed by atoms with van der Waals surface area (Å²) in [6.45, 7) is 3.52. The predicted molar refractivity (Wildman–Crippen MR) is 64.5 cm³/mol. The summed E-state index contributed by atoms with van der Waals surface area (Å²) < 4.78 is 28.5. The van der Waals surface area contributed by atoms with E-state index in [-0.39, 0.29) is 21.0 Å². The minimum Gasteiger partial charge on any atom is -0.263 e. The topological polar surface area (TPSA) is 43.4 Å². The summed E-state index contributed by atoms with van der Waals surface area (Å²) >= 11 is 11.4. The smallest absolute Gasteiger partial charge is 0.263 e. The molecule has 1 atom stereocenters. The molecule has 0 aliphatic rings. The lowest BCUT2D eigenvalue weighted by molar-refractivity contribution is 0.224. The highest BCUT2D eigenvalue weighted by molar-refractivity contribution is 7.86. The van der Waals surface area contributed by atoms with Crippen LogP contribution >= 0.6 is 23.2 Å². The predicted octanol–water partition coefficient (Wildman–Crippen LogP) is 3.50. The van der Waals surface area contributed by atoms with E-state index in [0.717, 1.165) is 0 Å². The molecule has 0 radical (unpaired) electrons. The van der Waals surface area contributed by atoms with Crippen molar-refractivity contribution in [3.8, 4) is 0 Å². The molecular formula is C10H12Cl2O3S. The fraction of sp³-hybridized carbons (Fsp3) is 0.400. The fourth-order valence-corrected chi connectivity index (χ4v) is 2.89. The molecule has 1 aromatic rings. The Hall–Kier alpha value is -0.290. The monoisotopic (exact) mass is 282 g/mol. The number of hydrogen-bond donors (Lipinski definition) is 0. The van der Waals surface area contributed by atoms with Crippen molar-refractivity contribution in [2.45, 2.75) is 31.3 Å². The minimum atomic E-state index is -3.79. The first kappa shape index (κ1) is 13.8. The molecule has 1 aromatic carbocycles. The third kappa shape index (κ3) is 3.63. The summed E-state index contributed by atoms with van der Waals surface area (Å²) in [6, 6.07) is 4.08. The zero-order valence-corrected chi connectivity index (χ0v) is 11.2. The van der Waals surface area contributed by atoms with E-state index in [9.17, 15) is 8.42 Å². The van der Waals surface area contributed by atoms with Gasteiger partial charge in [0.25, 0.3) is 10.1 Å². The van der Waals surface area contributed by atoms with Crippen LogP contribution in [0.2, 0.25) is 10.0 Å². The number of rotatable bonds is 4. The second-order valence-corrected chi connectivity index (χ2v) is 5.82. The van der Waals surface area contributed by atoms with Crippen molar-refractivity contribution in [3.63, 3.8) is 0 Å². The number of hydrogen-bond acceptors (Lipinski definition) is 3. The van der Waals surface area contributed by atoms with Crippen molar-refractivity contribution in [2.75, 3.05) is 0 Å². The lowest BCUT2D eigenvalue weighted by atomic mass is 10.3. The molecule has 16 heavy (non-hydrogen) atoms. The zero-order chi connectivity index (χ0) is 12.3. The number of halogens is 2. The van der Waals surface area contributed by atoms with Gasteiger partial charge in [0.2, 0.25) is 0 Å². The van der Waals surface area contributed by atoms with Crippen LogP contribution in [0.1, 0.15) is 20.3 Å². The van der Waals surface area contributed by atoms with E-state index >= 15 is 0 Å². The quantitative estimate of drug-likeness (QED) is 0.794. The van der Waals surface area contributed by atoms with E-state index in [2.05, 4.69) is 0 Å². The maximum atomic E-state index is 11.8. The van der Waals surface area contributed by atoms with Gasteiger partial charge in [-0.1, -0.05) is 30.1 Å². The Balaban J connectivity index is 3.07. The molecule has 0 aromatic heterocycles. The molecule has 0 heterocycles. The molecule has 3 nitrogen and oxygen atoms in total. The van der Waals surface area contributed by atoms with E-state index in [1.807, 2.05) is 6.92 Å². The van der Waals surface area contributed by atoms with Gasteiger partial charge in [-0.25, -0.2) is 0 Å². The van der Waals surface area contributed by atoms with E-state index in [4.69, 9.17) is 27.4 Å². The Labute approximate surface area is 105 Å². The molecule has 0 aliphatic heterocycles. The fourth-order valence-electron chi connectivity index (χ4n) is 1.01. The SMILES string of the molecule is CCC(C)OS(=O)(=O)c1cc(Cl)cc(Cl)c1. The molecule has 1 unspecified atom stereocenters. The molecule has 0 N–H and O–H groups in total. The van der Waals surface area contributed by atoms with Crippen LogP contribution in [0.25, 0.3) is 0 Å². The van der Waals surface area contributed by atoms with Crippen LogP contribution in [0.5, 0.6) is 0 Å². The van der Waals surface area contributed by atoms with Gasteiger partial charge in [-0.05, 0) is 31.5 Å². The molecule has 0 fully saturated rings. The van der Waals surface area contributed by atoms with Crippen molar-refractivity contribution in [3.05, 3.63) is 28.2 Å². The maximum absolute atomic E-state index is 11.8. The lowest BCUT2D eigenvalue weighted by Gasteiger charge is -2.11. The standard InChI is InChI=1S/C10H12Cl2O3S/c1-3-7(2)15-16(13,14)10-5-8(11)4-9(12)6-10/h4-7H,3H2,1-2H3. The first-order chi connectivity index (χ1) is 7.35. The van der Waals surface area contributed by atoms with Crippen molar-refractivity contribution >= 4 is 33.3 Å². The van der Waals surface area contributed by atoms with Crippen molar-refractivity contribution in [2.24, 2.45) is 0 Å². The van der Waals surface area contributed by atoms with Crippen LogP contribution in [0.4, 0.5) is 0 Å². The van der Waals surface area contributed by atoms with Gasteiger partial charge in [-0.3, -0.25) is 4.18 Å². The van der Waals surface area contributed by atoms with E-state index < -0.39 is 10.1 Å². The summed E-state index contributed by atoms with van der Waals surface area (Å²) in [5, 5.41) is 0.526. The molecule has 6 heteroatoms. The average Bonchev–Trinajstić information content (AvgIpc) is 2.15. The van der Waals surface area contributed by atoms with Gasteiger partial charge in [-0.2, -0.15) is 8.42 Å². The summed E-state index contributed by atoms with van der Waals surface area (Å²) in [4.78, 5) is -0.0229. The van der Waals surface area contributed by atoms with Crippen LogP contribution in [0.3, 0.4) is 0 Å². The van der Waals surface area contributed by atoms with Crippen LogP contribution in [-0.4, -0.2) is 14.5 Å². The van der Waals surface area contributed by atoms with Gasteiger partial charge in [0, 0.05) is 10.0 Å². The summed E-state index contributed by atoms with van der Waals surface area (Å²) in [5.41, 5.74) is 0. The Kier molecular flexibility index (Phi) is 4.62. The van der Waals surface area contributed by atoms with Crippen LogP contribution in [0, 0.1) is 0 Å². The molecule has 0 spiro atoms. The highest BCUT2D eigenvalue weighted by atomic mass is 35.5. The molecule has 0 aliphatic carbocycles. The second-order valence-electron chi connectivity index (χ2n) is 3.37. The van der Waals surface area contributed by atoms with Crippen LogP contribution in [-0.2, 0) is 14.3 Å². The first-order valence-corrected chi connectivity index (χ1v) is 6.91. The molecule has 0 amide bonds. The van der Waals surface area contributed by atoms with Crippen LogP contribution in [0.15, 0.2) is 23.1 Å². The molecular weight excluding hydrogens is 271 g/mol. The van der Waals surface area contributed by atoms with Gasteiger partial charge in [0.05, 0.1) is 11.0 Å². The van der Waals surface area contributed by atoms with Crippen molar-refractivity contribution < 1.29 is 12.6 Å². The summed E-state index contributed by atoms with van der Waals surface area (Å²) in [6.07, 6.45) is 0.232. The second kappa shape index (κ2) is 5.36. The van der Waals surface area contributed by atoms with E-state index in [1.54, 1.807) is 6.92 Å².